The van der Waals surface area contributed by atoms with E-state index in [0.717, 1.165) is 5.56 Å². The predicted octanol–water partition coefficient (Wildman–Crippen LogP) is 1.82. The summed E-state index contributed by atoms with van der Waals surface area (Å²) in [6, 6.07) is 8.50. The number of carbonyl (C=O) groups is 1. The quantitative estimate of drug-likeness (QED) is 0.655. The molecule has 1 saturated heterocycles. The number of carbonyl (C=O) groups excluding carboxylic acids is 1. The van der Waals surface area contributed by atoms with Gasteiger partial charge in [0.1, 0.15) is 5.69 Å². The Bertz CT molecular complexity index is 1140. The molecule has 11 heteroatoms. The standard InChI is InChI=1S/C19H22N6O4S/c1-13-3-5-15(6-4-13)30(27,28)25-11-8-14(9-12-25)17(26)21-19-23-22-18(29-19)16-7-10-20-24(16)2/h3-7,10,14H,8-9,11-12H2,1-2H3,(H,21,23,26). The monoisotopic (exact) mass is 430 g/mol. The number of hydrogen-bond acceptors (Lipinski definition) is 7. The molecule has 0 bridgehead atoms. The number of rotatable bonds is 5. The van der Waals surface area contributed by atoms with Gasteiger partial charge >= 0.3 is 6.01 Å². The lowest BCUT2D eigenvalue weighted by Crippen LogP contribution is -2.41. The minimum atomic E-state index is -3.56. The van der Waals surface area contributed by atoms with Gasteiger partial charge < -0.3 is 4.42 Å². The van der Waals surface area contributed by atoms with Crippen molar-refractivity contribution in [3.05, 3.63) is 42.1 Å². The molecule has 158 valence electrons. The molecule has 0 unspecified atom stereocenters. The highest BCUT2D eigenvalue weighted by Crippen LogP contribution is 2.25. The summed E-state index contributed by atoms with van der Waals surface area (Å²) in [4.78, 5) is 12.8. The van der Waals surface area contributed by atoms with Gasteiger partial charge in [-0.1, -0.05) is 22.8 Å². The lowest BCUT2D eigenvalue weighted by molar-refractivity contribution is -0.121. The summed E-state index contributed by atoms with van der Waals surface area (Å²) in [6.45, 7) is 2.46. The number of hydrogen-bond donors (Lipinski definition) is 1. The van der Waals surface area contributed by atoms with Gasteiger partial charge in [-0.25, -0.2) is 8.42 Å². The van der Waals surface area contributed by atoms with Gasteiger partial charge in [-0.15, -0.1) is 5.10 Å². The number of nitrogens with one attached hydrogen (secondary N) is 1. The third-order valence-electron chi connectivity index (χ3n) is 5.18. The highest BCUT2D eigenvalue weighted by Gasteiger charge is 2.32. The Morgan fingerprint density at radius 3 is 2.47 bits per heavy atom. The second-order valence-corrected chi connectivity index (χ2v) is 9.17. The Kier molecular flexibility index (Phi) is 5.39. The first-order valence-corrected chi connectivity index (χ1v) is 11.0. The second-order valence-electron chi connectivity index (χ2n) is 7.23. The van der Waals surface area contributed by atoms with Crippen LogP contribution < -0.4 is 5.32 Å². The van der Waals surface area contributed by atoms with Crippen molar-refractivity contribution in [3.8, 4) is 11.6 Å². The molecule has 0 atom stereocenters. The van der Waals surface area contributed by atoms with E-state index in [4.69, 9.17) is 4.42 Å². The number of sulfonamides is 1. The number of amides is 1. The largest absolute Gasteiger partial charge is 0.401 e. The van der Waals surface area contributed by atoms with E-state index in [9.17, 15) is 13.2 Å². The zero-order valence-electron chi connectivity index (χ0n) is 16.6. The molecule has 1 aliphatic heterocycles. The summed E-state index contributed by atoms with van der Waals surface area (Å²) in [5.74, 6) is -0.339. The average molecular weight is 430 g/mol. The third-order valence-corrected chi connectivity index (χ3v) is 7.09. The first-order chi connectivity index (χ1) is 14.3. The summed E-state index contributed by atoms with van der Waals surface area (Å²) in [5, 5.41) is 14.4. The normalized spacial score (nSPS) is 15.9. The van der Waals surface area contributed by atoms with Crippen LogP contribution in [0, 0.1) is 12.8 Å². The van der Waals surface area contributed by atoms with Crippen molar-refractivity contribution in [2.45, 2.75) is 24.7 Å². The molecule has 1 aliphatic rings. The minimum Gasteiger partial charge on any atom is -0.401 e. The first-order valence-electron chi connectivity index (χ1n) is 9.54. The fourth-order valence-electron chi connectivity index (χ4n) is 3.39. The molecule has 4 rings (SSSR count). The van der Waals surface area contributed by atoms with Gasteiger partial charge in [0.2, 0.25) is 15.9 Å². The van der Waals surface area contributed by atoms with E-state index in [1.807, 2.05) is 6.92 Å². The molecule has 3 aromatic rings. The van der Waals surface area contributed by atoms with E-state index in [0.29, 0.717) is 18.5 Å². The number of nitrogens with zero attached hydrogens (tertiary/aromatic N) is 5. The molecule has 1 N–H and O–H groups in total. The van der Waals surface area contributed by atoms with E-state index >= 15 is 0 Å². The number of aromatic nitrogens is 4. The molecule has 0 spiro atoms. The van der Waals surface area contributed by atoms with Crippen molar-refractivity contribution >= 4 is 21.9 Å². The fraction of sp³-hybridized carbons (Fsp3) is 0.368. The van der Waals surface area contributed by atoms with Crippen LogP contribution in [0.25, 0.3) is 11.6 Å². The Hall–Kier alpha value is -3.05. The molecule has 1 amide bonds. The molecule has 3 heterocycles. The summed E-state index contributed by atoms with van der Waals surface area (Å²) in [7, 11) is -1.81. The van der Waals surface area contributed by atoms with Crippen molar-refractivity contribution in [2.75, 3.05) is 18.4 Å². The maximum atomic E-state index is 12.8. The fourth-order valence-corrected chi connectivity index (χ4v) is 4.86. The topological polar surface area (TPSA) is 123 Å². The van der Waals surface area contributed by atoms with Gasteiger partial charge in [0.05, 0.1) is 4.90 Å². The Morgan fingerprint density at radius 2 is 1.83 bits per heavy atom. The van der Waals surface area contributed by atoms with Crippen LogP contribution >= 0.6 is 0 Å². The Balaban J connectivity index is 1.36. The van der Waals surface area contributed by atoms with E-state index in [2.05, 4.69) is 20.6 Å². The van der Waals surface area contributed by atoms with Gasteiger partial charge in [0.25, 0.3) is 5.89 Å². The third kappa shape index (κ3) is 3.98. The van der Waals surface area contributed by atoms with Gasteiger partial charge in [-0.3, -0.25) is 14.8 Å². The molecule has 0 aliphatic carbocycles. The van der Waals surface area contributed by atoms with Gasteiger partial charge in [-0.05, 0) is 38.0 Å². The van der Waals surface area contributed by atoms with Crippen LogP contribution in [0.1, 0.15) is 18.4 Å². The predicted molar refractivity (Wildman–Crippen MR) is 108 cm³/mol. The number of piperidine rings is 1. The molecule has 1 fully saturated rings. The SMILES string of the molecule is Cc1ccc(S(=O)(=O)N2CCC(C(=O)Nc3nnc(-c4ccnn4C)o3)CC2)cc1. The van der Waals surface area contributed by atoms with Crippen LogP contribution in [0.3, 0.4) is 0 Å². The molecule has 1 aromatic carbocycles. The first kappa shape index (κ1) is 20.2. The second kappa shape index (κ2) is 8.00. The van der Waals surface area contributed by atoms with Crippen molar-refractivity contribution in [3.63, 3.8) is 0 Å². The number of aryl methyl sites for hydroxylation is 2. The van der Waals surface area contributed by atoms with E-state index < -0.39 is 10.0 Å². The summed E-state index contributed by atoms with van der Waals surface area (Å²) < 4.78 is 34.1. The maximum Gasteiger partial charge on any atom is 0.322 e. The average Bonchev–Trinajstić information content (AvgIpc) is 3.37. The Morgan fingerprint density at radius 1 is 1.13 bits per heavy atom. The van der Waals surface area contributed by atoms with Crippen molar-refractivity contribution in [1.29, 1.82) is 0 Å². The van der Waals surface area contributed by atoms with Crippen LogP contribution in [0.2, 0.25) is 0 Å². The van der Waals surface area contributed by atoms with Crippen LogP contribution in [0.15, 0.2) is 45.8 Å². The molecule has 30 heavy (non-hydrogen) atoms. The molecule has 0 saturated carbocycles. The zero-order chi connectivity index (χ0) is 21.3. The molecule has 2 aromatic heterocycles. The smallest absolute Gasteiger partial charge is 0.322 e. The van der Waals surface area contributed by atoms with Crippen LogP contribution in [0.4, 0.5) is 6.01 Å². The van der Waals surface area contributed by atoms with Gasteiger partial charge in [0, 0.05) is 32.3 Å². The lowest BCUT2D eigenvalue weighted by atomic mass is 9.97. The Labute approximate surface area is 174 Å². The van der Waals surface area contributed by atoms with Crippen LogP contribution in [-0.2, 0) is 21.9 Å². The lowest BCUT2D eigenvalue weighted by Gasteiger charge is -2.30. The summed E-state index contributed by atoms with van der Waals surface area (Å²) >= 11 is 0. The molecular weight excluding hydrogens is 408 g/mol. The van der Waals surface area contributed by atoms with Gasteiger partial charge in [0.15, 0.2) is 0 Å². The number of benzene rings is 1. The van der Waals surface area contributed by atoms with Crippen LogP contribution in [0.5, 0.6) is 0 Å². The molecule has 10 nitrogen and oxygen atoms in total. The van der Waals surface area contributed by atoms with Gasteiger partial charge in [-0.2, -0.15) is 9.40 Å². The molecule has 0 radical (unpaired) electrons. The highest BCUT2D eigenvalue weighted by molar-refractivity contribution is 7.89. The maximum absolute atomic E-state index is 12.8. The number of anilines is 1. The van der Waals surface area contributed by atoms with Crippen molar-refractivity contribution in [1.82, 2.24) is 24.3 Å². The zero-order valence-corrected chi connectivity index (χ0v) is 17.5. The van der Waals surface area contributed by atoms with E-state index in [-0.39, 0.29) is 41.7 Å². The summed E-state index contributed by atoms with van der Waals surface area (Å²) in [5.41, 5.74) is 1.63. The summed E-state index contributed by atoms with van der Waals surface area (Å²) in [6.07, 6.45) is 2.44. The van der Waals surface area contributed by atoms with E-state index in [1.165, 1.54) is 4.31 Å². The van der Waals surface area contributed by atoms with Crippen molar-refractivity contribution < 1.29 is 17.6 Å². The highest BCUT2D eigenvalue weighted by atomic mass is 32.2. The van der Waals surface area contributed by atoms with Crippen molar-refractivity contribution in [2.24, 2.45) is 13.0 Å². The minimum absolute atomic E-state index is 0.00547. The van der Waals surface area contributed by atoms with Crippen LogP contribution in [-0.4, -0.2) is 51.7 Å². The van der Waals surface area contributed by atoms with E-state index in [1.54, 1.807) is 48.3 Å². The molecular formula is C19H22N6O4S.